The number of aliphatic hydroxyl groups excluding tert-OH is 1. The van der Waals surface area contributed by atoms with E-state index in [4.69, 9.17) is 0 Å². The van der Waals surface area contributed by atoms with Crippen molar-refractivity contribution in [3.63, 3.8) is 0 Å². The highest BCUT2D eigenvalue weighted by molar-refractivity contribution is 9.11. The molecule has 0 bridgehead atoms. The molecule has 1 rings (SSSR count). The second-order valence-corrected chi connectivity index (χ2v) is 7.39. The van der Waals surface area contributed by atoms with Gasteiger partial charge in [0.1, 0.15) is 6.10 Å². The van der Waals surface area contributed by atoms with Gasteiger partial charge in [-0.25, -0.2) is 12.7 Å². The Morgan fingerprint density at radius 1 is 1.25 bits per heavy atom. The molecular formula is C10H14BrNO3S. The number of hydrogen-bond acceptors (Lipinski definition) is 3. The van der Waals surface area contributed by atoms with Crippen molar-refractivity contribution in [2.75, 3.05) is 14.1 Å². The van der Waals surface area contributed by atoms with Gasteiger partial charge in [-0.05, 0) is 5.56 Å². The van der Waals surface area contributed by atoms with Crippen molar-refractivity contribution in [1.82, 2.24) is 4.31 Å². The molecule has 0 aliphatic heterocycles. The van der Waals surface area contributed by atoms with Crippen molar-refractivity contribution in [3.8, 4) is 0 Å². The predicted molar refractivity (Wildman–Crippen MR) is 66.7 cm³/mol. The van der Waals surface area contributed by atoms with E-state index < -0.39 is 20.3 Å². The first kappa shape index (κ1) is 13.6. The fourth-order valence-corrected chi connectivity index (χ4v) is 3.36. The van der Waals surface area contributed by atoms with Crippen molar-refractivity contribution < 1.29 is 13.5 Å². The normalized spacial score (nSPS) is 16.1. The quantitative estimate of drug-likeness (QED) is 0.854. The molecule has 4 nitrogen and oxygen atoms in total. The maximum atomic E-state index is 11.8. The molecule has 6 heteroatoms. The van der Waals surface area contributed by atoms with Crippen LogP contribution in [0.5, 0.6) is 0 Å². The van der Waals surface area contributed by atoms with Crippen LogP contribution in [0, 0.1) is 0 Å². The minimum atomic E-state index is -3.52. The molecule has 0 unspecified atom stereocenters. The molecule has 0 heterocycles. The number of rotatable bonds is 4. The summed E-state index contributed by atoms with van der Waals surface area (Å²) in [6, 6.07) is 8.68. The summed E-state index contributed by atoms with van der Waals surface area (Å²) in [6.07, 6.45) is -1.09. The summed E-state index contributed by atoms with van der Waals surface area (Å²) in [7, 11) is -0.661. The summed E-state index contributed by atoms with van der Waals surface area (Å²) in [5.41, 5.74) is 0.565. The van der Waals surface area contributed by atoms with Crippen LogP contribution in [0.25, 0.3) is 0 Å². The third-order valence-corrected chi connectivity index (χ3v) is 5.95. The second-order valence-electron chi connectivity index (χ2n) is 3.53. The Morgan fingerprint density at radius 2 is 1.75 bits per heavy atom. The highest BCUT2D eigenvalue weighted by Crippen LogP contribution is 2.27. The Kier molecular flexibility index (Phi) is 4.49. The van der Waals surface area contributed by atoms with Gasteiger partial charge in [0, 0.05) is 14.1 Å². The summed E-state index contributed by atoms with van der Waals surface area (Å²) in [5, 5.41) is 9.92. The van der Waals surface area contributed by atoms with Gasteiger partial charge in [0.05, 0.1) is 0 Å². The summed E-state index contributed by atoms with van der Waals surface area (Å²) in [5.74, 6) is 0. The fourth-order valence-electron chi connectivity index (χ4n) is 1.17. The first-order valence-corrected chi connectivity index (χ1v) is 7.07. The van der Waals surface area contributed by atoms with Crippen LogP contribution in [0.4, 0.5) is 0 Å². The van der Waals surface area contributed by atoms with E-state index >= 15 is 0 Å². The highest BCUT2D eigenvalue weighted by Gasteiger charge is 2.32. The van der Waals surface area contributed by atoms with Crippen molar-refractivity contribution in [2.45, 2.75) is 10.3 Å². The average molecular weight is 308 g/mol. The van der Waals surface area contributed by atoms with E-state index in [0.29, 0.717) is 5.56 Å². The molecule has 0 fully saturated rings. The standard InChI is InChI=1S/C10H14BrNO3S/c1-12(2)16(14,15)10(11)9(13)8-6-4-3-5-7-8/h3-7,9-10,13H,1-2H3/t9-,10-/m1/s1. The molecule has 1 aromatic rings. The largest absolute Gasteiger partial charge is 0.386 e. The lowest BCUT2D eigenvalue weighted by Crippen LogP contribution is -2.33. The molecule has 0 aliphatic rings. The first-order valence-electron chi connectivity index (χ1n) is 4.66. The molecule has 0 amide bonds. The maximum Gasteiger partial charge on any atom is 0.229 e. The lowest BCUT2D eigenvalue weighted by atomic mass is 10.1. The van der Waals surface area contributed by atoms with Crippen LogP contribution >= 0.6 is 15.9 Å². The number of alkyl halides is 1. The van der Waals surface area contributed by atoms with Gasteiger partial charge in [-0.1, -0.05) is 46.3 Å². The van der Waals surface area contributed by atoms with Crippen LogP contribution in [0.1, 0.15) is 11.7 Å². The molecular weight excluding hydrogens is 294 g/mol. The number of benzene rings is 1. The average Bonchev–Trinajstić information content (AvgIpc) is 2.28. The summed E-state index contributed by atoms with van der Waals surface area (Å²) >= 11 is 3.02. The van der Waals surface area contributed by atoms with Gasteiger partial charge in [-0.2, -0.15) is 0 Å². The van der Waals surface area contributed by atoms with E-state index in [0.717, 1.165) is 4.31 Å². The Balaban J connectivity index is 2.96. The van der Waals surface area contributed by atoms with E-state index in [1.807, 2.05) is 0 Å². The first-order chi connectivity index (χ1) is 7.37. The van der Waals surface area contributed by atoms with Crippen LogP contribution in [0.15, 0.2) is 30.3 Å². The van der Waals surface area contributed by atoms with Gasteiger partial charge < -0.3 is 5.11 Å². The summed E-state index contributed by atoms with van der Waals surface area (Å²) in [4.78, 5) is 0. The maximum absolute atomic E-state index is 11.8. The smallest absolute Gasteiger partial charge is 0.229 e. The molecule has 1 N–H and O–H groups in total. The Bertz CT molecular complexity index is 433. The molecule has 0 radical (unpaired) electrons. The van der Waals surface area contributed by atoms with Gasteiger partial charge in [-0.3, -0.25) is 0 Å². The fraction of sp³-hybridized carbons (Fsp3) is 0.400. The zero-order valence-corrected chi connectivity index (χ0v) is 11.4. The van der Waals surface area contributed by atoms with Crippen molar-refractivity contribution in [2.24, 2.45) is 0 Å². The van der Waals surface area contributed by atoms with Crippen LogP contribution in [0.3, 0.4) is 0 Å². The zero-order chi connectivity index (χ0) is 12.3. The molecule has 0 saturated heterocycles. The Morgan fingerprint density at radius 3 is 2.19 bits per heavy atom. The zero-order valence-electron chi connectivity index (χ0n) is 9.04. The SMILES string of the molecule is CN(C)S(=O)(=O)[C@@H](Br)[C@H](O)c1ccccc1. The topological polar surface area (TPSA) is 57.6 Å². The number of nitrogens with zero attached hydrogens (tertiary/aromatic N) is 1. The van der Waals surface area contributed by atoms with Crippen molar-refractivity contribution >= 4 is 26.0 Å². The molecule has 1 aromatic carbocycles. The molecule has 16 heavy (non-hydrogen) atoms. The van der Waals surface area contributed by atoms with Crippen LogP contribution < -0.4 is 0 Å². The number of aliphatic hydroxyl groups is 1. The molecule has 2 atom stereocenters. The van der Waals surface area contributed by atoms with Gasteiger partial charge >= 0.3 is 0 Å². The predicted octanol–water partition coefficient (Wildman–Crippen LogP) is 1.33. The van der Waals surface area contributed by atoms with Crippen molar-refractivity contribution in [1.29, 1.82) is 0 Å². The summed E-state index contributed by atoms with van der Waals surface area (Å²) < 4.78 is 23.6. The van der Waals surface area contributed by atoms with E-state index in [1.165, 1.54) is 14.1 Å². The van der Waals surface area contributed by atoms with E-state index in [1.54, 1.807) is 30.3 Å². The van der Waals surface area contributed by atoms with Crippen molar-refractivity contribution in [3.05, 3.63) is 35.9 Å². The molecule has 90 valence electrons. The van der Waals surface area contributed by atoms with Crippen LogP contribution in [-0.2, 0) is 10.0 Å². The van der Waals surface area contributed by atoms with Gasteiger partial charge in [0.25, 0.3) is 0 Å². The number of hydrogen-bond donors (Lipinski definition) is 1. The van der Waals surface area contributed by atoms with E-state index in [2.05, 4.69) is 15.9 Å². The van der Waals surface area contributed by atoms with E-state index in [9.17, 15) is 13.5 Å². The highest BCUT2D eigenvalue weighted by atomic mass is 79.9. The number of halogens is 1. The lowest BCUT2D eigenvalue weighted by molar-refractivity contribution is 0.193. The Labute approximate surface area is 104 Å². The van der Waals surface area contributed by atoms with Crippen LogP contribution in [-0.4, -0.2) is 36.1 Å². The van der Waals surface area contributed by atoms with Gasteiger partial charge in [-0.15, -0.1) is 0 Å². The van der Waals surface area contributed by atoms with E-state index in [-0.39, 0.29) is 0 Å². The van der Waals surface area contributed by atoms with Gasteiger partial charge in [0.2, 0.25) is 10.0 Å². The van der Waals surface area contributed by atoms with Crippen LogP contribution in [0.2, 0.25) is 0 Å². The molecule has 0 saturated carbocycles. The third kappa shape index (κ3) is 2.82. The minimum Gasteiger partial charge on any atom is -0.386 e. The van der Waals surface area contributed by atoms with Gasteiger partial charge in [0.15, 0.2) is 4.16 Å². The Hall–Kier alpha value is -0.430. The summed E-state index contributed by atoms with van der Waals surface area (Å²) in [6.45, 7) is 0. The lowest BCUT2D eigenvalue weighted by Gasteiger charge is -2.21. The third-order valence-electron chi connectivity index (χ3n) is 2.18. The molecule has 0 aliphatic carbocycles. The second kappa shape index (κ2) is 5.27. The number of sulfonamides is 1. The monoisotopic (exact) mass is 307 g/mol. The molecule has 0 aromatic heterocycles. The molecule has 0 spiro atoms. The minimum absolute atomic E-state index is 0.565.